The van der Waals surface area contributed by atoms with Gasteiger partial charge in [0.25, 0.3) is 0 Å². The number of hydrogen-bond donors (Lipinski definition) is 0. The van der Waals surface area contributed by atoms with Crippen LogP contribution < -0.4 is 4.74 Å². The maximum absolute atomic E-state index is 11.8. The summed E-state index contributed by atoms with van der Waals surface area (Å²) in [5, 5.41) is 4.85. The second kappa shape index (κ2) is 9.24. The molecule has 0 spiro atoms. The highest BCUT2D eigenvalue weighted by Crippen LogP contribution is 2.31. The van der Waals surface area contributed by atoms with E-state index in [-0.39, 0.29) is 0 Å². The Balaban J connectivity index is 1.45. The molecule has 6 nitrogen and oxygen atoms in total. The Bertz CT molecular complexity index is 780. The number of benzene rings is 1. The predicted octanol–water partition coefficient (Wildman–Crippen LogP) is 5.53. The number of hydrogen-bond acceptors (Lipinski definition) is 7. The molecule has 1 aromatic carbocycles. The second-order valence-corrected chi connectivity index (χ2v) is 9.48. The molecule has 1 aliphatic rings. The van der Waals surface area contributed by atoms with Crippen LogP contribution in [-0.4, -0.2) is 34.9 Å². The van der Waals surface area contributed by atoms with Crippen molar-refractivity contribution in [1.82, 2.24) is 10.0 Å². The topological polar surface area (TPSA) is 60.9 Å². The third kappa shape index (κ3) is 6.46. The van der Waals surface area contributed by atoms with Crippen molar-refractivity contribution in [2.24, 2.45) is 0 Å². The third-order valence-electron chi connectivity index (χ3n) is 4.17. The number of aromatic nitrogens is 1. The number of carbonyl (C=O) groups is 1. The highest BCUT2D eigenvalue weighted by atomic mass is 79.9. The maximum atomic E-state index is 11.8. The summed E-state index contributed by atoms with van der Waals surface area (Å²) in [5.74, 6) is 1.20. The molecular formula is C20H25BrN2O4S. The van der Waals surface area contributed by atoms with Gasteiger partial charge in [0.15, 0.2) is 0 Å². The minimum Gasteiger partial charge on any atom is -0.487 e. The number of rotatable bonds is 5. The molecule has 1 aromatic heterocycles. The Morgan fingerprint density at radius 2 is 1.93 bits per heavy atom. The minimum atomic E-state index is -0.646. The van der Waals surface area contributed by atoms with E-state index in [0.717, 1.165) is 33.8 Å². The molecule has 0 bridgehead atoms. The maximum Gasteiger partial charge on any atom is 0.528 e. The average Bonchev–Trinajstić information content (AvgIpc) is 3.09. The smallest absolute Gasteiger partial charge is 0.487 e. The zero-order chi connectivity index (χ0) is 20.1. The van der Waals surface area contributed by atoms with Crippen LogP contribution >= 0.6 is 27.3 Å². The van der Waals surface area contributed by atoms with Crippen LogP contribution in [0, 0.1) is 0 Å². The molecule has 0 aliphatic carbocycles. The second-order valence-electron chi connectivity index (χ2n) is 7.68. The van der Waals surface area contributed by atoms with Gasteiger partial charge in [0.2, 0.25) is 0 Å². The van der Waals surface area contributed by atoms with Crippen LogP contribution in [0.3, 0.4) is 0 Å². The van der Waals surface area contributed by atoms with Crippen molar-refractivity contribution < 1.29 is 19.1 Å². The molecule has 0 saturated carbocycles. The van der Waals surface area contributed by atoms with E-state index < -0.39 is 11.8 Å². The molecule has 152 valence electrons. The summed E-state index contributed by atoms with van der Waals surface area (Å²) in [6.07, 6.45) is 1.14. The number of halogens is 1. The van der Waals surface area contributed by atoms with E-state index in [2.05, 4.69) is 21.3 Å². The SMILES string of the molecule is CC(C)(C)OC(=O)ON1CCC(c2nc(COc3ccc(Br)cc3)cs2)CC1. The van der Waals surface area contributed by atoms with Crippen LogP contribution in [0.25, 0.3) is 0 Å². The Morgan fingerprint density at radius 1 is 1.25 bits per heavy atom. The predicted molar refractivity (Wildman–Crippen MR) is 111 cm³/mol. The lowest BCUT2D eigenvalue weighted by molar-refractivity contribution is -0.152. The van der Waals surface area contributed by atoms with Crippen molar-refractivity contribution >= 4 is 33.4 Å². The van der Waals surface area contributed by atoms with Crippen molar-refractivity contribution in [3.05, 3.63) is 44.8 Å². The van der Waals surface area contributed by atoms with Gasteiger partial charge in [-0.25, -0.2) is 9.78 Å². The number of piperidine rings is 1. The monoisotopic (exact) mass is 468 g/mol. The van der Waals surface area contributed by atoms with E-state index in [0.29, 0.717) is 25.6 Å². The van der Waals surface area contributed by atoms with E-state index in [9.17, 15) is 4.79 Å². The standard InChI is InChI=1S/C20H25BrN2O4S/c1-20(2,3)26-19(24)27-23-10-8-14(9-11-23)18-22-16(13-28-18)12-25-17-6-4-15(21)5-7-17/h4-7,13-14H,8-12H2,1-3H3. The van der Waals surface area contributed by atoms with Gasteiger partial charge in [-0.15, -0.1) is 16.4 Å². The van der Waals surface area contributed by atoms with Crippen LogP contribution in [-0.2, 0) is 16.2 Å². The summed E-state index contributed by atoms with van der Waals surface area (Å²) in [6.45, 7) is 7.27. The van der Waals surface area contributed by atoms with Crippen molar-refractivity contribution in [2.45, 2.75) is 51.7 Å². The highest BCUT2D eigenvalue weighted by Gasteiger charge is 2.27. The van der Waals surface area contributed by atoms with Crippen LogP contribution in [0.2, 0.25) is 0 Å². The summed E-state index contributed by atoms with van der Waals surface area (Å²) < 4.78 is 12.0. The quantitative estimate of drug-likeness (QED) is 0.537. The molecular weight excluding hydrogens is 444 g/mol. The normalized spacial score (nSPS) is 16.0. The number of hydroxylamine groups is 2. The highest BCUT2D eigenvalue weighted by molar-refractivity contribution is 9.10. The van der Waals surface area contributed by atoms with Gasteiger partial charge in [-0.05, 0) is 57.9 Å². The zero-order valence-corrected chi connectivity index (χ0v) is 18.7. The molecule has 3 rings (SSSR count). The number of nitrogens with zero attached hydrogens (tertiary/aromatic N) is 2. The Hall–Kier alpha value is -1.64. The summed E-state index contributed by atoms with van der Waals surface area (Å²) in [4.78, 5) is 21.8. The molecule has 1 aliphatic heterocycles. The lowest BCUT2D eigenvalue weighted by atomic mass is 9.99. The van der Waals surface area contributed by atoms with E-state index >= 15 is 0 Å². The molecule has 1 saturated heterocycles. The number of carbonyl (C=O) groups excluding carboxylic acids is 1. The van der Waals surface area contributed by atoms with E-state index in [1.165, 1.54) is 0 Å². The molecule has 2 aromatic rings. The summed E-state index contributed by atoms with van der Waals surface area (Å²) in [7, 11) is 0. The Kier molecular flexibility index (Phi) is 6.95. The fraction of sp³-hybridized carbons (Fsp3) is 0.500. The largest absolute Gasteiger partial charge is 0.528 e. The molecule has 0 N–H and O–H groups in total. The minimum absolute atomic E-state index is 0.380. The zero-order valence-electron chi connectivity index (χ0n) is 16.3. The number of thiazole rings is 1. The summed E-state index contributed by atoms with van der Waals surface area (Å²) >= 11 is 5.08. The Morgan fingerprint density at radius 3 is 2.57 bits per heavy atom. The van der Waals surface area contributed by atoms with Gasteiger partial charge in [0.05, 0.1) is 10.7 Å². The first-order valence-electron chi connectivity index (χ1n) is 9.27. The first-order valence-corrected chi connectivity index (χ1v) is 10.9. The molecule has 28 heavy (non-hydrogen) atoms. The molecule has 2 heterocycles. The molecule has 0 radical (unpaired) electrons. The van der Waals surface area contributed by atoms with Gasteiger partial charge in [-0.2, -0.15) is 0 Å². The molecule has 0 atom stereocenters. The lowest BCUT2D eigenvalue weighted by Crippen LogP contribution is -2.37. The fourth-order valence-corrected chi connectivity index (χ4v) is 4.07. The van der Waals surface area contributed by atoms with Crippen molar-refractivity contribution in [3.8, 4) is 5.75 Å². The van der Waals surface area contributed by atoms with E-state index in [4.69, 9.17) is 19.3 Å². The number of ether oxygens (including phenoxy) is 2. The van der Waals surface area contributed by atoms with Crippen LogP contribution in [0.1, 0.15) is 50.2 Å². The van der Waals surface area contributed by atoms with Gasteiger partial charge < -0.3 is 14.3 Å². The first-order chi connectivity index (χ1) is 13.3. The van der Waals surface area contributed by atoms with Gasteiger partial charge in [0.1, 0.15) is 18.0 Å². The molecule has 0 unspecified atom stereocenters. The van der Waals surface area contributed by atoms with E-state index in [1.807, 2.05) is 45.0 Å². The third-order valence-corrected chi connectivity index (χ3v) is 5.75. The van der Waals surface area contributed by atoms with Crippen LogP contribution in [0.15, 0.2) is 34.1 Å². The first kappa shape index (κ1) is 21.1. The van der Waals surface area contributed by atoms with Crippen molar-refractivity contribution in [3.63, 3.8) is 0 Å². The summed E-state index contributed by atoms with van der Waals surface area (Å²) in [6, 6.07) is 7.76. The molecule has 0 amide bonds. The molecule has 1 fully saturated rings. The van der Waals surface area contributed by atoms with Gasteiger partial charge in [-0.1, -0.05) is 15.9 Å². The summed E-state index contributed by atoms with van der Waals surface area (Å²) in [5.41, 5.74) is 0.390. The van der Waals surface area contributed by atoms with Crippen LogP contribution in [0.4, 0.5) is 4.79 Å². The van der Waals surface area contributed by atoms with E-state index in [1.54, 1.807) is 16.4 Å². The molecule has 8 heteroatoms. The lowest BCUT2D eigenvalue weighted by Gasteiger charge is -2.30. The van der Waals surface area contributed by atoms with Gasteiger partial charge in [0, 0.05) is 28.9 Å². The van der Waals surface area contributed by atoms with Crippen molar-refractivity contribution in [2.75, 3.05) is 13.1 Å². The Labute approximate surface area is 177 Å². The van der Waals surface area contributed by atoms with Crippen molar-refractivity contribution in [1.29, 1.82) is 0 Å². The average molecular weight is 469 g/mol. The van der Waals surface area contributed by atoms with Crippen LogP contribution in [0.5, 0.6) is 5.75 Å². The van der Waals surface area contributed by atoms with Gasteiger partial charge in [-0.3, -0.25) is 0 Å². The van der Waals surface area contributed by atoms with Gasteiger partial charge >= 0.3 is 6.16 Å². The fourth-order valence-electron chi connectivity index (χ4n) is 2.83.